The number of halogens is 1. The van der Waals surface area contributed by atoms with Gasteiger partial charge in [0.15, 0.2) is 5.16 Å². The summed E-state index contributed by atoms with van der Waals surface area (Å²) in [6.45, 7) is 5.81. The van der Waals surface area contributed by atoms with Gasteiger partial charge in [-0.25, -0.2) is 9.37 Å². The van der Waals surface area contributed by atoms with E-state index in [2.05, 4.69) is 15.3 Å². The van der Waals surface area contributed by atoms with Crippen LogP contribution < -0.4 is 10.9 Å². The van der Waals surface area contributed by atoms with Gasteiger partial charge in [-0.15, -0.1) is 0 Å². The molecule has 2 heterocycles. The molecule has 6 nitrogen and oxygen atoms in total. The maximum absolute atomic E-state index is 13.2. The fourth-order valence-electron chi connectivity index (χ4n) is 2.76. The minimum absolute atomic E-state index is 0.0493. The number of nitrogens with one attached hydrogen (secondary N) is 2. The summed E-state index contributed by atoms with van der Waals surface area (Å²) in [5.74, 6) is -0.643. The molecule has 3 aromatic rings. The predicted octanol–water partition coefficient (Wildman–Crippen LogP) is 3.87. The highest BCUT2D eigenvalue weighted by Crippen LogP contribution is 2.23. The van der Waals surface area contributed by atoms with E-state index in [4.69, 9.17) is 0 Å². The zero-order valence-corrected chi connectivity index (χ0v) is 16.2. The first-order valence-electron chi connectivity index (χ1n) is 8.69. The zero-order valence-electron chi connectivity index (χ0n) is 15.4. The molecule has 2 N–H and O–H groups in total. The molecule has 8 heteroatoms. The first kappa shape index (κ1) is 19.2. The molecule has 27 heavy (non-hydrogen) atoms. The van der Waals surface area contributed by atoms with Crippen LogP contribution in [0.1, 0.15) is 32.0 Å². The highest BCUT2D eigenvalue weighted by Gasteiger charge is 2.18. The number of aromatic amines is 1. The van der Waals surface area contributed by atoms with Crippen LogP contribution in [0.5, 0.6) is 0 Å². The van der Waals surface area contributed by atoms with Crippen molar-refractivity contribution in [1.82, 2.24) is 14.5 Å². The summed E-state index contributed by atoms with van der Waals surface area (Å²) >= 11 is 1.19. The van der Waals surface area contributed by atoms with E-state index >= 15 is 0 Å². The van der Waals surface area contributed by atoms with Crippen molar-refractivity contribution in [2.45, 2.75) is 38.4 Å². The third-order valence-corrected chi connectivity index (χ3v) is 5.21. The SMILES string of the molecule is CCC(C)n1c(SCC(=O)Nc2cccc(F)c2)nc2cc(C)[nH]c2c1=O. The van der Waals surface area contributed by atoms with Gasteiger partial charge in [-0.05, 0) is 44.5 Å². The Morgan fingerprint density at radius 3 is 2.89 bits per heavy atom. The molecule has 1 atom stereocenters. The van der Waals surface area contributed by atoms with E-state index in [0.717, 1.165) is 12.1 Å². The van der Waals surface area contributed by atoms with Crippen molar-refractivity contribution in [1.29, 1.82) is 0 Å². The van der Waals surface area contributed by atoms with Gasteiger partial charge in [-0.1, -0.05) is 24.8 Å². The lowest BCUT2D eigenvalue weighted by Crippen LogP contribution is -2.26. The maximum atomic E-state index is 13.2. The highest BCUT2D eigenvalue weighted by atomic mass is 32.2. The first-order chi connectivity index (χ1) is 12.9. The van der Waals surface area contributed by atoms with Gasteiger partial charge in [0.25, 0.3) is 5.56 Å². The number of thioether (sulfide) groups is 1. The van der Waals surface area contributed by atoms with Gasteiger partial charge >= 0.3 is 0 Å². The zero-order chi connectivity index (χ0) is 19.6. The van der Waals surface area contributed by atoms with Crippen LogP contribution in [0.15, 0.2) is 40.3 Å². The van der Waals surface area contributed by atoms with E-state index in [-0.39, 0.29) is 23.3 Å². The van der Waals surface area contributed by atoms with E-state index in [1.807, 2.05) is 26.8 Å². The fourth-order valence-corrected chi connectivity index (χ4v) is 3.65. The molecule has 3 rings (SSSR count). The lowest BCUT2D eigenvalue weighted by Gasteiger charge is -2.17. The maximum Gasteiger partial charge on any atom is 0.278 e. The quantitative estimate of drug-likeness (QED) is 0.496. The summed E-state index contributed by atoms with van der Waals surface area (Å²) in [5.41, 5.74) is 2.17. The molecular weight excluding hydrogens is 367 g/mol. The Morgan fingerprint density at radius 2 is 2.19 bits per heavy atom. The van der Waals surface area contributed by atoms with Crippen molar-refractivity contribution in [3.63, 3.8) is 0 Å². The van der Waals surface area contributed by atoms with Crippen molar-refractivity contribution in [2.75, 3.05) is 11.1 Å². The van der Waals surface area contributed by atoms with Gasteiger partial charge in [-0.3, -0.25) is 14.2 Å². The number of carbonyl (C=O) groups excluding carboxylic acids is 1. The molecule has 0 bridgehead atoms. The standard InChI is InChI=1S/C19H21FN4O2S/c1-4-12(3)24-18(26)17-15(8-11(2)21-17)23-19(24)27-10-16(25)22-14-7-5-6-13(20)9-14/h5-9,12,21H,4,10H2,1-3H3,(H,22,25). The van der Waals surface area contributed by atoms with Crippen LogP contribution in [0.4, 0.5) is 10.1 Å². The third kappa shape index (κ3) is 4.21. The molecule has 142 valence electrons. The van der Waals surface area contributed by atoms with Crippen LogP contribution in [0.25, 0.3) is 11.0 Å². The number of H-pyrrole nitrogens is 1. The fraction of sp³-hybridized carbons (Fsp3) is 0.316. The van der Waals surface area contributed by atoms with Gasteiger partial charge in [0.2, 0.25) is 5.91 Å². The average Bonchev–Trinajstić information content (AvgIpc) is 3.00. The monoisotopic (exact) mass is 388 g/mol. The smallest absolute Gasteiger partial charge is 0.278 e. The molecule has 1 aromatic carbocycles. The van der Waals surface area contributed by atoms with Crippen LogP contribution in [0.2, 0.25) is 0 Å². The van der Waals surface area contributed by atoms with Crippen molar-refractivity contribution >= 4 is 34.4 Å². The second-order valence-electron chi connectivity index (χ2n) is 6.39. The molecule has 0 spiro atoms. The number of carbonyl (C=O) groups is 1. The Morgan fingerprint density at radius 1 is 1.41 bits per heavy atom. The van der Waals surface area contributed by atoms with Crippen molar-refractivity contribution < 1.29 is 9.18 Å². The molecule has 2 aromatic heterocycles. The van der Waals surface area contributed by atoms with Crippen molar-refractivity contribution in [3.05, 3.63) is 52.2 Å². The number of hydrogen-bond donors (Lipinski definition) is 2. The van der Waals surface area contributed by atoms with Crippen molar-refractivity contribution in [3.8, 4) is 0 Å². The van der Waals surface area contributed by atoms with Crippen LogP contribution >= 0.6 is 11.8 Å². The molecule has 0 aliphatic rings. The molecule has 1 amide bonds. The summed E-state index contributed by atoms with van der Waals surface area (Å²) in [6, 6.07) is 7.48. The Bertz CT molecular complexity index is 1040. The Balaban J connectivity index is 1.85. The number of aromatic nitrogens is 3. The van der Waals surface area contributed by atoms with Gasteiger partial charge in [0.1, 0.15) is 11.3 Å². The number of rotatable bonds is 6. The van der Waals surface area contributed by atoms with Crippen LogP contribution in [-0.4, -0.2) is 26.2 Å². The summed E-state index contributed by atoms with van der Waals surface area (Å²) < 4.78 is 14.9. The van der Waals surface area contributed by atoms with E-state index in [1.54, 1.807) is 10.6 Å². The van der Waals surface area contributed by atoms with E-state index in [1.165, 1.54) is 30.0 Å². The Hall–Kier alpha value is -2.61. The van der Waals surface area contributed by atoms with Crippen LogP contribution in [0, 0.1) is 12.7 Å². The lowest BCUT2D eigenvalue weighted by atomic mass is 10.2. The molecule has 0 saturated carbocycles. The topological polar surface area (TPSA) is 79.8 Å². The average molecular weight is 388 g/mol. The Labute approximate surface area is 160 Å². The predicted molar refractivity (Wildman–Crippen MR) is 106 cm³/mol. The molecule has 0 fully saturated rings. The van der Waals surface area contributed by atoms with Crippen LogP contribution in [0.3, 0.4) is 0 Å². The second kappa shape index (κ2) is 7.96. The lowest BCUT2D eigenvalue weighted by molar-refractivity contribution is -0.113. The summed E-state index contributed by atoms with van der Waals surface area (Å²) in [7, 11) is 0. The molecule has 0 aliphatic carbocycles. The van der Waals surface area contributed by atoms with Gasteiger partial charge in [0, 0.05) is 17.4 Å². The number of hydrogen-bond acceptors (Lipinski definition) is 4. The minimum atomic E-state index is -0.416. The number of benzene rings is 1. The number of anilines is 1. The third-order valence-electron chi connectivity index (χ3n) is 4.26. The van der Waals surface area contributed by atoms with Crippen LogP contribution in [-0.2, 0) is 4.79 Å². The number of fused-ring (bicyclic) bond motifs is 1. The van der Waals surface area contributed by atoms with E-state index < -0.39 is 5.82 Å². The first-order valence-corrected chi connectivity index (χ1v) is 9.67. The second-order valence-corrected chi connectivity index (χ2v) is 7.33. The van der Waals surface area contributed by atoms with Gasteiger partial charge in [-0.2, -0.15) is 0 Å². The number of nitrogens with zero attached hydrogens (tertiary/aromatic N) is 2. The van der Waals surface area contributed by atoms with Crippen molar-refractivity contribution in [2.24, 2.45) is 0 Å². The van der Waals surface area contributed by atoms with Gasteiger partial charge < -0.3 is 10.3 Å². The van der Waals surface area contributed by atoms with Gasteiger partial charge in [0.05, 0.1) is 11.3 Å². The minimum Gasteiger partial charge on any atom is -0.353 e. The molecular formula is C19H21FN4O2S. The molecule has 0 saturated heterocycles. The molecule has 0 aliphatic heterocycles. The number of amides is 1. The molecule has 0 radical (unpaired) electrons. The summed E-state index contributed by atoms with van der Waals surface area (Å²) in [6.07, 6.45) is 0.760. The number of aryl methyl sites for hydroxylation is 1. The highest BCUT2D eigenvalue weighted by molar-refractivity contribution is 7.99. The molecule has 1 unspecified atom stereocenters. The largest absolute Gasteiger partial charge is 0.353 e. The van der Waals surface area contributed by atoms with E-state index in [9.17, 15) is 14.0 Å². The summed E-state index contributed by atoms with van der Waals surface area (Å²) in [4.78, 5) is 32.7. The Kier molecular flexibility index (Phi) is 5.65. The van der Waals surface area contributed by atoms with E-state index in [0.29, 0.717) is 21.9 Å². The summed E-state index contributed by atoms with van der Waals surface area (Å²) in [5, 5.41) is 3.15. The normalized spacial score (nSPS) is 12.3.